The highest BCUT2D eigenvalue weighted by Gasteiger charge is 2.16. The molecule has 2 aromatic rings. The molecule has 98 valence electrons. The van der Waals surface area contributed by atoms with Gasteiger partial charge in [-0.3, -0.25) is 0 Å². The molecule has 0 aliphatic carbocycles. The van der Waals surface area contributed by atoms with Crippen molar-refractivity contribution < 1.29 is 9.50 Å². The number of para-hydroxylation sites is 1. The van der Waals surface area contributed by atoms with Crippen LogP contribution in [0.25, 0.3) is 0 Å². The summed E-state index contributed by atoms with van der Waals surface area (Å²) in [5, 5.41) is 9.43. The van der Waals surface area contributed by atoms with Gasteiger partial charge in [-0.1, -0.05) is 24.3 Å². The van der Waals surface area contributed by atoms with Crippen LogP contribution >= 0.6 is 0 Å². The lowest BCUT2D eigenvalue weighted by atomic mass is 10.0. The molecular weight excluding hydrogens is 241 g/mol. The number of nitrogens with zero attached hydrogens (tertiary/aromatic N) is 1. The van der Waals surface area contributed by atoms with E-state index in [1.54, 1.807) is 6.07 Å². The Morgan fingerprint density at radius 3 is 2.84 bits per heavy atom. The van der Waals surface area contributed by atoms with E-state index in [0.29, 0.717) is 6.54 Å². The quantitative estimate of drug-likeness (QED) is 0.890. The first-order valence-electron chi connectivity index (χ1n) is 6.54. The Morgan fingerprint density at radius 1 is 1.16 bits per heavy atom. The highest BCUT2D eigenvalue weighted by molar-refractivity contribution is 5.55. The maximum atomic E-state index is 13.1. The molecule has 19 heavy (non-hydrogen) atoms. The van der Waals surface area contributed by atoms with Crippen LogP contribution in [-0.4, -0.2) is 11.7 Å². The number of benzene rings is 2. The molecule has 1 aliphatic rings. The molecule has 0 saturated carbocycles. The van der Waals surface area contributed by atoms with Crippen LogP contribution < -0.4 is 4.90 Å². The van der Waals surface area contributed by atoms with Crippen LogP contribution in [0.15, 0.2) is 42.5 Å². The second-order valence-corrected chi connectivity index (χ2v) is 4.94. The molecule has 0 radical (unpaired) electrons. The molecule has 0 bridgehead atoms. The number of phenolic OH excluding ortho intramolecular Hbond substituents is 1. The van der Waals surface area contributed by atoms with Gasteiger partial charge in [-0.05, 0) is 42.2 Å². The van der Waals surface area contributed by atoms with Gasteiger partial charge in [0.25, 0.3) is 0 Å². The Labute approximate surface area is 112 Å². The van der Waals surface area contributed by atoms with E-state index in [1.165, 1.54) is 23.4 Å². The molecule has 0 aromatic heterocycles. The van der Waals surface area contributed by atoms with Gasteiger partial charge in [-0.25, -0.2) is 4.39 Å². The molecule has 1 N–H and O–H groups in total. The lowest BCUT2D eigenvalue weighted by Gasteiger charge is -2.31. The standard InChI is InChI=1S/C16H16FNO/c17-14-8-7-12(10-16(14)19)11-18-9-3-5-13-4-1-2-6-15(13)18/h1-2,4,6-8,10,19H,3,5,9,11H2. The SMILES string of the molecule is Oc1cc(CN2CCCc3ccccc32)ccc1F. The summed E-state index contributed by atoms with van der Waals surface area (Å²) >= 11 is 0. The van der Waals surface area contributed by atoms with E-state index in [2.05, 4.69) is 23.1 Å². The van der Waals surface area contributed by atoms with Crippen molar-refractivity contribution in [2.24, 2.45) is 0 Å². The fourth-order valence-corrected chi connectivity index (χ4v) is 2.65. The fraction of sp³-hybridized carbons (Fsp3) is 0.250. The normalized spacial score (nSPS) is 14.3. The van der Waals surface area contributed by atoms with Crippen molar-refractivity contribution in [1.29, 1.82) is 0 Å². The van der Waals surface area contributed by atoms with Crippen LogP contribution in [-0.2, 0) is 13.0 Å². The van der Waals surface area contributed by atoms with Gasteiger partial charge in [-0.15, -0.1) is 0 Å². The lowest BCUT2D eigenvalue weighted by molar-refractivity contribution is 0.431. The first-order valence-corrected chi connectivity index (χ1v) is 6.54. The van der Waals surface area contributed by atoms with E-state index in [9.17, 15) is 9.50 Å². The first-order chi connectivity index (χ1) is 9.24. The summed E-state index contributed by atoms with van der Waals surface area (Å²) in [5.74, 6) is -0.842. The summed E-state index contributed by atoms with van der Waals surface area (Å²) in [5.41, 5.74) is 3.54. The van der Waals surface area contributed by atoms with Gasteiger partial charge in [0.1, 0.15) is 0 Å². The van der Waals surface area contributed by atoms with Gasteiger partial charge in [-0.2, -0.15) is 0 Å². The number of hydrogen-bond acceptors (Lipinski definition) is 2. The molecule has 0 atom stereocenters. The molecular formula is C16H16FNO. The van der Waals surface area contributed by atoms with Gasteiger partial charge in [0, 0.05) is 18.8 Å². The Morgan fingerprint density at radius 2 is 2.00 bits per heavy atom. The van der Waals surface area contributed by atoms with Crippen molar-refractivity contribution in [3.8, 4) is 5.75 Å². The zero-order valence-electron chi connectivity index (χ0n) is 10.6. The number of fused-ring (bicyclic) bond motifs is 1. The summed E-state index contributed by atoms with van der Waals surface area (Å²) in [4.78, 5) is 2.28. The van der Waals surface area contributed by atoms with E-state index in [-0.39, 0.29) is 5.75 Å². The maximum Gasteiger partial charge on any atom is 0.164 e. The fourth-order valence-electron chi connectivity index (χ4n) is 2.65. The number of halogens is 1. The van der Waals surface area contributed by atoms with Gasteiger partial charge >= 0.3 is 0 Å². The van der Waals surface area contributed by atoms with Crippen LogP contribution in [0.4, 0.5) is 10.1 Å². The Bertz CT molecular complexity index is 597. The van der Waals surface area contributed by atoms with Gasteiger partial charge in [0.05, 0.1) is 0 Å². The molecule has 0 saturated heterocycles. The summed E-state index contributed by atoms with van der Waals surface area (Å²) in [6.45, 7) is 1.69. The van der Waals surface area contributed by atoms with Crippen molar-refractivity contribution in [3.63, 3.8) is 0 Å². The second-order valence-electron chi connectivity index (χ2n) is 4.94. The minimum atomic E-state index is -0.567. The zero-order valence-corrected chi connectivity index (χ0v) is 10.6. The number of rotatable bonds is 2. The first kappa shape index (κ1) is 12.0. The summed E-state index contributed by atoms with van der Waals surface area (Å²) in [7, 11) is 0. The third-order valence-electron chi connectivity index (χ3n) is 3.59. The van der Waals surface area contributed by atoms with Crippen LogP contribution in [0.3, 0.4) is 0 Å². The van der Waals surface area contributed by atoms with E-state index >= 15 is 0 Å². The van der Waals surface area contributed by atoms with E-state index in [0.717, 1.165) is 24.9 Å². The monoisotopic (exact) mass is 257 g/mol. The predicted octanol–water partition coefficient (Wildman–Crippen LogP) is 3.48. The second kappa shape index (κ2) is 4.92. The molecule has 0 amide bonds. The van der Waals surface area contributed by atoms with Gasteiger partial charge in [0.15, 0.2) is 11.6 Å². The summed E-state index contributed by atoms with van der Waals surface area (Å²) in [6.07, 6.45) is 2.24. The van der Waals surface area contributed by atoms with Crippen LogP contribution in [0, 0.1) is 5.82 Å². The van der Waals surface area contributed by atoms with Crippen molar-refractivity contribution in [2.75, 3.05) is 11.4 Å². The lowest BCUT2D eigenvalue weighted by Crippen LogP contribution is -2.28. The topological polar surface area (TPSA) is 23.5 Å². The summed E-state index contributed by atoms with van der Waals surface area (Å²) in [6, 6.07) is 12.9. The Kier molecular flexibility index (Phi) is 3.11. The Balaban J connectivity index is 1.86. The predicted molar refractivity (Wildman–Crippen MR) is 73.9 cm³/mol. The molecule has 0 fully saturated rings. The number of aromatic hydroxyl groups is 1. The van der Waals surface area contributed by atoms with Crippen molar-refractivity contribution in [2.45, 2.75) is 19.4 Å². The summed E-state index contributed by atoms with van der Waals surface area (Å²) < 4.78 is 13.1. The van der Waals surface area contributed by atoms with Crippen molar-refractivity contribution in [1.82, 2.24) is 0 Å². The zero-order chi connectivity index (χ0) is 13.2. The number of hydrogen-bond donors (Lipinski definition) is 1. The van der Waals surface area contributed by atoms with Crippen molar-refractivity contribution >= 4 is 5.69 Å². The van der Waals surface area contributed by atoms with Crippen LogP contribution in [0.2, 0.25) is 0 Å². The van der Waals surface area contributed by atoms with Gasteiger partial charge < -0.3 is 10.0 Å². The van der Waals surface area contributed by atoms with E-state index in [1.807, 2.05) is 6.07 Å². The number of aryl methyl sites for hydroxylation is 1. The highest BCUT2D eigenvalue weighted by Crippen LogP contribution is 2.28. The third-order valence-corrected chi connectivity index (χ3v) is 3.59. The molecule has 0 spiro atoms. The number of phenols is 1. The minimum Gasteiger partial charge on any atom is -0.505 e. The molecule has 2 aromatic carbocycles. The van der Waals surface area contributed by atoms with Crippen LogP contribution in [0.1, 0.15) is 17.5 Å². The van der Waals surface area contributed by atoms with Crippen LogP contribution in [0.5, 0.6) is 5.75 Å². The molecule has 2 nitrogen and oxygen atoms in total. The maximum absolute atomic E-state index is 13.1. The van der Waals surface area contributed by atoms with Crippen molar-refractivity contribution in [3.05, 3.63) is 59.4 Å². The molecule has 1 heterocycles. The van der Waals surface area contributed by atoms with Gasteiger partial charge in [0.2, 0.25) is 0 Å². The molecule has 0 unspecified atom stereocenters. The highest BCUT2D eigenvalue weighted by atomic mass is 19.1. The number of anilines is 1. The third kappa shape index (κ3) is 2.41. The average Bonchev–Trinajstić information content (AvgIpc) is 2.43. The minimum absolute atomic E-state index is 0.275. The molecule has 3 heteroatoms. The molecule has 1 aliphatic heterocycles. The Hall–Kier alpha value is -2.03. The average molecular weight is 257 g/mol. The molecule has 3 rings (SSSR count). The van der Waals surface area contributed by atoms with E-state index in [4.69, 9.17) is 0 Å². The largest absolute Gasteiger partial charge is 0.505 e. The van der Waals surface area contributed by atoms with E-state index < -0.39 is 5.82 Å². The smallest absolute Gasteiger partial charge is 0.164 e.